The molecule has 0 spiro atoms. The van der Waals surface area contributed by atoms with Crippen LogP contribution in [0.2, 0.25) is 0 Å². The zero-order chi connectivity index (χ0) is 24.1. The summed E-state index contributed by atoms with van der Waals surface area (Å²) < 4.78 is 22.1. The van der Waals surface area contributed by atoms with Crippen molar-refractivity contribution in [1.29, 1.82) is 0 Å². The van der Waals surface area contributed by atoms with Crippen molar-refractivity contribution in [2.75, 3.05) is 33.3 Å². The van der Waals surface area contributed by atoms with Crippen LogP contribution in [0.15, 0.2) is 41.4 Å². The van der Waals surface area contributed by atoms with E-state index in [1.165, 1.54) is 4.88 Å². The average Bonchev–Trinajstić information content (AvgIpc) is 3.44. The van der Waals surface area contributed by atoms with Gasteiger partial charge in [0.2, 0.25) is 5.75 Å². The Morgan fingerprint density at radius 2 is 1.82 bits per heavy atom. The van der Waals surface area contributed by atoms with Crippen molar-refractivity contribution < 1.29 is 23.7 Å². The maximum atomic E-state index is 13.4. The van der Waals surface area contributed by atoms with Gasteiger partial charge in [-0.1, -0.05) is 12.1 Å². The minimum atomic E-state index is -0.182. The number of amides is 1. The number of aryl methyl sites for hydroxylation is 1. The first kappa shape index (κ1) is 23.6. The van der Waals surface area contributed by atoms with Gasteiger partial charge >= 0.3 is 0 Å². The van der Waals surface area contributed by atoms with Crippen LogP contribution >= 0.6 is 11.3 Å². The number of aliphatic imine (C=N–C) groups is 1. The van der Waals surface area contributed by atoms with Gasteiger partial charge in [-0.3, -0.25) is 4.79 Å². The number of fused-ring (bicyclic) bond motifs is 1. The van der Waals surface area contributed by atoms with E-state index >= 15 is 0 Å². The molecule has 0 saturated heterocycles. The van der Waals surface area contributed by atoms with Gasteiger partial charge in [0.15, 0.2) is 11.5 Å². The summed E-state index contributed by atoms with van der Waals surface area (Å²) in [7, 11) is 4.71. The number of ether oxygens (including phenoxy) is 4. The van der Waals surface area contributed by atoms with Gasteiger partial charge in [0, 0.05) is 16.7 Å². The molecule has 34 heavy (non-hydrogen) atoms. The van der Waals surface area contributed by atoms with E-state index < -0.39 is 0 Å². The molecule has 2 aromatic carbocycles. The first-order valence-corrected chi connectivity index (χ1v) is 11.9. The SMILES string of the molecule is CCOc1ccccc1NC(=O)c1c(/N=C/c2ccc(OC)c(OC)c2OC)sc2c1CCC2. The van der Waals surface area contributed by atoms with Gasteiger partial charge in [0.05, 0.1) is 39.2 Å². The first-order valence-electron chi connectivity index (χ1n) is 11.1. The maximum Gasteiger partial charge on any atom is 0.259 e. The number of carbonyl (C=O) groups excluding carboxylic acids is 1. The number of anilines is 1. The van der Waals surface area contributed by atoms with Crippen molar-refractivity contribution >= 4 is 34.1 Å². The lowest BCUT2D eigenvalue weighted by molar-refractivity contribution is 0.102. The molecule has 1 heterocycles. The predicted octanol–water partition coefficient (Wildman–Crippen LogP) is 5.66. The lowest BCUT2D eigenvalue weighted by atomic mass is 10.1. The molecule has 8 heteroatoms. The van der Waals surface area contributed by atoms with Crippen molar-refractivity contribution in [3.63, 3.8) is 0 Å². The summed E-state index contributed by atoms with van der Waals surface area (Å²) >= 11 is 1.57. The number of rotatable bonds is 9. The van der Waals surface area contributed by atoms with Crippen molar-refractivity contribution in [1.82, 2.24) is 0 Å². The number of methoxy groups -OCH3 is 3. The van der Waals surface area contributed by atoms with Gasteiger partial charge in [0.1, 0.15) is 10.8 Å². The first-order chi connectivity index (χ1) is 16.6. The molecule has 0 saturated carbocycles. The summed E-state index contributed by atoms with van der Waals surface area (Å²) in [5, 5.41) is 3.70. The molecular weight excluding hydrogens is 452 g/mol. The van der Waals surface area contributed by atoms with Crippen LogP contribution in [0.4, 0.5) is 10.7 Å². The second-order valence-electron chi connectivity index (χ2n) is 7.60. The third kappa shape index (κ3) is 4.59. The molecule has 1 N–H and O–H groups in total. The van der Waals surface area contributed by atoms with Crippen LogP contribution in [0.3, 0.4) is 0 Å². The number of hydrogen-bond donors (Lipinski definition) is 1. The fraction of sp³-hybridized carbons (Fsp3) is 0.308. The topological polar surface area (TPSA) is 78.4 Å². The van der Waals surface area contributed by atoms with Crippen molar-refractivity contribution in [2.24, 2.45) is 4.99 Å². The molecule has 0 bridgehead atoms. The second kappa shape index (κ2) is 10.6. The third-order valence-corrected chi connectivity index (χ3v) is 6.82. The number of hydrogen-bond acceptors (Lipinski definition) is 7. The summed E-state index contributed by atoms with van der Waals surface area (Å²) in [5.41, 5.74) is 3.08. The zero-order valence-electron chi connectivity index (χ0n) is 19.8. The van der Waals surface area contributed by atoms with Crippen LogP contribution in [0.5, 0.6) is 23.0 Å². The van der Waals surface area contributed by atoms with Gasteiger partial charge in [0.25, 0.3) is 5.91 Å². The van der Waals surface area contributed by atoms with Gasteiger partial charge in [-0.2, -0.15) is 0 Å². The van der Waals surface area contributed by atoms with Crippen LogP contribution < -0.4 is 24.3 Å². The van der Waals surface area contributed by atoms with Gasteiger partial charge in [-0.05, 0) is 56.0 Å². The molecule has 1 aliphatic rings. The number of nitrogens with one attached hydrogen (secondary N) is 1. The molecule has 178 valence electrons. The highest BCUT2D eigenvalue weighted by Gasteiger charge is 2.27. The number of para-hydroxylation sites is 2. The number of thiophene rings is 1. The van der Waals surface area contributed by atoms with Crippen molar-refractivity contribution in [3.05, 3.63) is 58.0 Å². The Kier molecular flexibility index (Phi) is 7.37. The minimum absolute atomic E-state index is 0.182. The lowest BCUT2D eigenvalue weighted by Gasteiger charge is -2.13. The fourth-order valence-corrected chi connectivity index (χ4v) is 5.34. The Hall–Kier alpha value is -3.52. The number of benzene rings is 2. The van der Waals surface area contributed by atoms with Crippen LogP contribution in [0, 0.1) is 0 Å². The molecule has 1 aliphatic carbocycles. The summed E-state index contributed by atoms with van der Waals surface area (Å²) in [6, 6.07) is 11.1. The number of nitrogens with zero attached hydrogens (tertiary/aromatic N) is 1. The summed E-state index contributed by atoms with van der Waals surface area (Å²) in [4.78, 5) is 19.4. The zero-order valence-corrected chi connectivity index (χ0v) is 20.6. The lowest BCUT2D eigenvalue weighted by Crippen LogP contribution is -2.14. The molecule has 1 amide bonds. The minimum Gasteiger partial charge on any atom is -0.493 e. The quantitative estimate of drug-likeness (QED) is 0.400. The summed E-state index contributed by atoms with van der Waals surface area (Å²) in [6.07, 6.45) is 4.58. The van der Waals surface area contributed by atoms with Crippen LogP contribution in [0.25, 0.3) is 0 Å². The largest absolute Gasteiger partial charge is 0.493 e. The summed E-state index contributed by atoms with van der Waals surface area (Å²) in [6.45, 7) is 2.43. The van der Waals surface area contributed by atoms with Gasteiger partial charge in [-0.15, -0.1) is 11.3 Å². The van der Waals surface area contributed by atoms with Crippen molar-refractivity contribution in [3.8, 4) is 23.0 Å². The monoisotopic (exact) mass is 480 g/mol. The Morgan fingerprint density at radius 3 is 2.56 bits per heavy atom. The molecule has 7 nitrogen and oxygen atoms in total. The van der Waals surface area contributed by atoms with E-state index in [2.05, 4.69) is 5.32 Å². The van der Waals surface area contributed by atoms with E-state index in [9.17, 15) is 4.79 Å². The van der Waals surface area contributed by atoms with E-state index in [0.717, 1.165) is 30.4 Å². The van der Waals surface area contributed by atoms with E-state index in [1.807, 2.05) is 37.3 Å². The van der Waals surface area contributed by atoms with Gasteiger partial charge in [-0.25, -0.2) is 4.99 Å². The molecule has 3 aromatic rings. The summed E-state index contributed by atoms with van der Waals surface area (Å²) in [5.74, 6) is 2.04. The van der Waals surface area contributed by atoms with Gasteiger partial charge < -0.3 is 24.3 Å². The molecule has 0 aliphatic heterocycles. The highest BCUT2D eigenvalue weighted by Crippen LogP contribution is 2.43. The Labute approximate surface area is 203 Å². The van der Waals surface area contributed by atoms with Crippen LogP contribution in [-0.4, -0.2) is 40.1 Å². The second-order valence-corrected chi connectivity index (χ2v) is 8.69. The van der Waals surface area contributed by atoms with E-state index in [4.69, 9.17) is 23.9 Å². The molecule has 0 fully saturated rings. The molecule has 0 atom stereocenters. The fourth-order valence-electron chi connectivity index (χ4n) is 4.11. The maximum absolute atomic E-state index is 13.4. The molecule has 0 radical (unpaired) electrons. The molecule has 1 aromatic heterocycles. The highest BCUT2D eigenvalue weighted by molar-refractivity contribution is 7.16. The van der Waals surface area contributed by atoms with E-state index in [0.29, 0.717) is 45.9 Å². The molecule has 0 unspecified atom stereocenters. The number of carbonyl (C=O) groups is 1. The van der Waals surface area contributed by atoms with Crippen LogP contribution in [-0.2, 0) is 12.8 Å². The Bertz CT molecular complexity index is 1220. The van der Waals surface area contributed by atoms with E-state index in [1.54, 1.807) is 44.9 Å². The molecular formula is C26H28N2O5S. The Morgan fingerprint density at radius 1 is 1.03 bits per heavy atom. The van der Waals surface area contributed by atoms with Crippen LogP contribution in [0.1, 0.15) is 39.7 Å². The third-order valence-electron chi connectivity index (χ3n) is 5.62. The highest BCUT2D eigenvalue weighted by atomic mass is 32.1. The predicted molar refractivity (Wildman–Crippen MR) is 135 cm³/mol. The smallest absolute Gasteiger partial charge is 0.259 e. The normalized spacial score (nSPS) is 12.5. The molecule has 4 rings (SSSR count). The standard InChI is InChI=1S/C26H28N2O5S/c1-5-33-19-11-7-6-10-18(19)28-25(29)22-17-9-8-12-21(17)34-26(22)27-15-16-13-14-20(30-2)24(32-4)23(16)31-3/h6-7,10-11,13-15H,5,8-9,12H2,1-4H3,(H,28,29)/b27-15+. The Balaban J connectivity index is 1.69. The van der Waals surface area contributed by atoms with Crippen molar-refractivity contribution in [2.45, 2.75) is 26.2 Å². The average molecular weight is 481 g/mol. The van der Waals surface area contributed by atoms with E-state index in [-0.39, 0.29) is 5.91 Å².